The lowest BCUT2D eigenvalue weighted by molar-refractivity contribution is -0.156. The van der Waals surface area contributed by atoms with Gasteiger partial charge in [-0.2, -0.15) is 0 Å². The van der Waals surface area contributed by atoms with Gasteiger partial charge in [-0.15, -0.1) is 0 Å². The highest BCUT2D eigenvalue weighted by atomic mass is 16.5. The first-order chi connectivity index (χ1) is 7.10. The molecular weight excluding hydrogens is 194 g/mol. The molecule has 1 aliphatic rings. The van der Waals surface area contributed by atoms with Crippen LogP contribution in [0.1, 0.15) is 26.2 Å². The van der Waals surface area contributed by atoms with E-state index >= 15 is 0 Å². The quantitative estimate of drug-likeness (QED) is 0.670. The maximum atomic E-state index is 11.8. The van der Waals surface area contributed by atoms with Crippen molar-refractivity contribution in [1.82, 2.24) is 0 Å². The lowest BCUT2D eigenvalue weighted by Gasteiger charge is -2.31. The van der Waals surface area contributed by atoms with E-state index in [0.717, 1.165) is 12.8 Å². The molecule has 1 fully saturated rings. The van der Waals surface area contributed by atoms with Gasteiger partial charge in [0, 0.05) is 13.7 Å². The molecule has 0 spiro atoms. The minimum Gasteiger partial charge on any atom is -0.469 e. The van der Waals surface area contributed by atoms with Crippen LogP contribution in [-0.4, -0.2) is 32.8 Å². The second kappa shape index (κ2) is 4.94. The number of ether oxygens (including phenoxy) is 2. The summed E-state index contributed by atoms with van der Waals surface area (Å²) in [6.07, 6.45) is 2.83. The van der Waals surface area contributed by atoms with E-state index < -0.39 is 5.41 Å². The zero-order valence-corrected chi connectivity index (χ0v) is 9.79. The van der Waals surface area contributed by atoms with Crippen LogP contribution in [0, 0.1) is 11.3 Å². The zero-order valence-electron chi connectivity index (χ0n) is 9.79. The molecule has 0 heterocycles. The fraction of sp³-hybridized carbons (Fsp3) is 0.909. The van der Waals surface area contributed by atoms with E-state index in [1.54, 1.807) is 7.11 Å². The number of rotatable bonds is 6. The SMILES string of the molecule is COC(=O)C(CN)(CC(C)OC)C1CC1. The highest BCUT2D eigenvalue weighted by molar-refractivity contribution is 5.78. The van der Waals surface area contributed by atoms with Gasteiger partial charge in [0.15, 0.2) is 0 Å². The van der Waals surface area contributed by atoms with Crippen LogP contribution in [0.5, 0.6) is 0 Å². The van der Waals surface area contributed by atoms with Gasteiger partial charge in [-0.25, -0.2) is 0 Å². The number of carbonyl (C=O) groups excluding carboxylic acids is 1. The summed E-state index contributed by atoms with van der Waals surface area (Å²) in [6, 6.07) is 0. The minimum absolute atomic E-state index is 0.0354. The predicted molar refractivity (Wildman–Crippen MR) is 57.3 cm³/mol. The van der Waals surface area contributed by atoms with E-state index in [2.05, 4.69) is 0 Å². The van der Waals surface area contributed by atoms with Gasteiger partial charge in [-0.05, 0) is 32.1 Å². The molecule has 2 atom stereocenters. The third-order valence-electron chi connectivity index (χ3n) is 3.37. The van der Waals surface area contributed by atoms with Crippen LogP contribution in [0.4, 0.5) is 0 Å². The summed E-state index contributed by atoms with van der Waals surface area (Å²) in [6.45, 7) is 2.30. The van der Waals surface area contributed by atoms with Crippen molar-refractivity contribution in [1.29, 1.82) is 0 Å². The van der Waals surface area contributed by atoms with Gasteiger partial charge >= 0.3 is 5.97 Å². The van der Waals surface area contributed by atoms with Crippen molar-refractivity contribution < 1.29 is 14.3 Å². The Labute approximate surface area is 91.1 Å². The third-order valence-corrected chi connectivity index (χ3v) is 3.37. The van der Waals surface area contributed by atoms with Crippen molar-refractivity contribution in [2.75, 3.05) is 20.8 Å². The maximum absolute atomic E-state index is 11.8. The van der Waals surface area contributed by atoms with Crippen LogP contribution >= 0.6 is 0 Å². The second-order valence-electron chi connectivity index (χ2n) is 4.38. The topological polar surface area (TPSA) is 61.5 Å². The minimum atomic E-state index is -0.524. The fourth-order valence-electron chi connectivity index (χ4n) is 2.19. The van der Waals surface area contributed by atoms with Crippen molar-refractivity contribution in [3.05, 3.63) is 0 Å². The van der Waals surface area contributed by atoms with Crippen molar-refractivity contribution in [2.24, 2.45) is 17.1 Å². The molecule has 1 saturated carbocycles. The molecule has 15 heavy (non-hydrogen) atoms. The fourth-order valence-corrected chi connectivity index (χ4v) is 2.19. The molecule has 0 bridgehead atoms. The standard InChI is InChI=1S/C11H21NO3/c1-8(14-2)6-11(7-12,9-4-5-9)10(13)15-3/h8-9H,4-7,12H2,1-3H3. The molecule has 1 rings (SSSR count). The van der Waals surface area contributed by atoms with E-state index in [4.69, 9.17) is 15.2 Å². The van der Waals surface area contributed by atoms with Crippen LogP contribution in [0.15, 0.2) is 0 Å². The van der Waals surface area contributed by atoms with E-state index in [9.17, 15) is 4.79 Å². The molecular formula is C11H21NO3. The predicted octanol–water partition coefficient (Wildman–Crippen LogP) is 0.939. The Morgan fingerprint density at radius 3 is 2.47 bits per heavy atom. The van der Waals surface area contributed by atoms with Crippen molar-refractivity contribution in [3.63, 3.8) is 0 Å². The molecule has 0 radical (unpaired) electrons. The summed E-state index contributed by atoms with van der Waals surface area (Å²) >= 11 is 0. The molecule has 0 amide bonds. The van der Waals surface area contributed by atoms with E-state index in [0.29, 0.717) is 18.9 Å². The summed E-state index contributed by atoms with van der Waals surface area (Å²) in [7, 11) is 3.07. The van der Waals surface area contributed by atoms with Crippen LogP contribution in [0.2, 0.25) is 0 Å². The van der Waals surface area contributed by atoms with Crippen molar-refractivity contribution in [2.45, 2.75) is 32.3 Å². The maximum Gasteiger partial charge on any atom is 0.313 e. The molecule has 4 nitrogen and oxygen atoms in total. The third kappa shape index (κ3) is 2.49. The van der Waals surface area contributed by atoms with Crippen LogP contribution in [0.3, 0.4) is 0 Å². The summed E-state index contributed by atoms with van der Waals surface area (Å²) in [5.41, 5.74) is 5.25. The Morgan fingerprint density at radius 2 is 2.13 bits per heavy atom. The highest BCUT2D eigenvalue weighted by Gasteiger charge is 2.51. The van der Waals surface area contributed by atoms with Gasteiger partial charge in [-0.1, -0.05) is 0 Å². The summed E-state index contributed by atoms with van der Waals surface area (Å²) in [5, 5.41) is 0. The Kier molecular flexibility index (Phi) is 4.11. The van der Waals surface area contributed by atoms with E-state index in [1.165, 1.54) is 7.11 Å². The smallest absolute Gasteiger partial charge is 0.313 e. The van der Waals surface area contributed by atoms with Crippen molar-refractivity contribution in [3.8, 4) is 0 Å². The van der Waals surface area contributed by atoms with Gasteiger partial charge in [0.25, 0.3) is 0 Å². The lowest BCUT2D eigenvalue weighted by atomic mass is 9.77. The Balaban J connectivity index is 2.78. The number of hydrogen-bond acceptors (Lipinski definition) is 4. The number of esters is 1. The Bertz CT molecular complexity index is 228. The molecule has 1 aliphatic carbocycles. The summed E-state index contributed by atoms with van der Waals surface area (Å²) in [5.74, 6) is 0.198. The number of hydrogen-bond donors (Lipinski definition) is 1. The molecule has 2 unspecified atom stereocenters. The van der Waals surface area contributed by atoms with Gasteiger partial charge in [0.1, 0.15) is 0 Å². The molecule has 0 aromatic heterocycles. The Morgan fingerprint density at radius 1 is 1.53 bits per heavy atom. The highest BCUT2D eigenvalue weighted by Crippen LogP contribution is 2.48. The molecule has 88 valence electrons. The number of nitrogens with two attached hydrogens (primary N) is 1. The van der Waals surface area contributed by atoms with E-state index in [1.807, 2.05) is 6.92 Å². The van der Waals surface area contributed by atoms with Gasteiger partial charge in [0.05, 0.1) is 18.6 Å². The molecule has 2 N–H and O–H groups in total. The normalized spacial score (nSPS) is 21.9. The van der Waals surface area contributed by atoms with E-state index in [-0.39, 0.29) is 12.1 Å². The molecule has 0 aliphatic heterocycles. The van der Waals surface area contributed by atoms with Crippen LogP contribution < -0.4 is 5.73 Å². The van der Waals surface area contributed by atoms with Gasteiger partial charge in [0.2, 0.25) is 0 Å². The average Bonchev–Trinajstić information content (AvgIpc) is 3.08. The first-order valence-electron chi connectivity index (χ1n) is 5.42. The monoisotopic (exact) mass is 215 g/mol. The average molecular weight is 215 g/mol. The Hall–Kier alpha value is -0.610. The molecule has 4 heteroatoms. The van der Waals surface area contributed by atoms with Crippen LogP contribution in [-0.2, 0) is 14.3 Å². The molecule has 0 aromatic carbocycles. The number of methoxy groups -OCH3 is 2. The van der Waals surface area contributed by atoms with Gasteiger partial charge < -0.3 is 15.2 Å². The summed E-state index contributed by atoms with van der Waals surface area (Å²) < 4.78 is 10.1. The largest absolute Gasteiger partial charge is 0.469 e. The lowest BCUT2D eigenvalue weighted by Crippen LogP contribution is -2.44. The second-order valence-corrected chi connectivity index (χ2v) is 4.38. The summed E-state index contributed by atoms with van der Waals surface area (Å²) in [4.78, 5) is 11.8. The van der Waals surface area contributed by atoms with Crippen LogP contribution in [0.25, 0.3) is 0 Å². The number of carbonyl (C=O) groups is 1. The first kappa shape index (κ1) is 12.5. The zero-order chi connectivity index (χ0) is 11.5. The van der Waals surface area contributed by atoms with Gasteiger partial charge in [-0.3, -0.25) is 4.79 Å². The molecule has 0 saturated heterocycles. The first-order valence-corrected chi connectivity index (χ1v) is 5.42. The van der Waals surface area contributed by atoms with Crippen molar-refractivity contribution >= 4 is 5.97 Å². The molecule has 0 aromatic rings.